The van der Waals surface area contributed by atoms with Gasteiger partial charge in [0.05, 0.1) is 19.4 Å². The van der Waals surface area contributed by atoms with Crippen LogP contribution in [0.15, 0.2) is 46.9 Å². The first-order chi connectivity index (χ1) is 13.0. The molecule has 0 fully saturated rings. The minimum absolute atomic E-state index is 0.196. The zero-order valence-corrected chi connectivity index (χ0v) is 17.6. The number of benzene rings is 2. The highest BCUT2D eigenvalue weighted by molar-refractivity contribution is 9.10. The molecule has 0 saturated carbocycles. The van der Waals surface area contributed by atoms with E-state index in [4.69, 9.17) is 9.47 Å². The van der Waals surface area contributed by atoms with E-state index in [1.165, 1.54) is 6.08 Å². The van der Waals surface area contributed by atoms with Crippen molar-refractivity contribution in [2.45, 2.75) is 33.1 Å². The fourth-order valence-corrected chi connectivity index (χ4v) is 3.10. The van der Waals surface area contributed by atoms with E-state index in [2.05, 4.69) is 28.2 Å². The molecule has 5 heteroatoms. The van der Waals surface area contributed by atoms with Crippen LogP contribution in [-0.4, -0.2) is 19.6 Å². The molecule has 0 aliphatic carbocycles. The number of methoxy groups -OCH3 is 1. The van der Waals surface area contributed by atoms with Crippen LogP contribution >= 0.6 is 15.9 Å². The van der Waals surface area contributed by atoms with Crippen molar-refractivity contribution in [1.29, 1.82) is 0 Å². The van der Waals surface area contributed by atoms with Crippen LogP contribution in [0, 0.1) is 6.92 Å². The molecule has 2 aromatic carbocycles. The summed E-state index contributed by atoms with van der Waals surface area (Å²) in [5.74, 6) is 1.19. The standard InChI is InChI=1S/C22H26BrNO3/c1-4-5-6-13-27-20-11-8-17(15-21(20)26-3)9-12-22(25)24-19-10-7-16(2)14-18(19)23/h7-12,14-15H,4-6,13H2,1-3H3,(H,24,25)/b12-9+. The van der Waals surface area contributed by atoms with E-state index < -0.39 is 0 Å². The molecule has 0 unspecified atom stereocenters. The largest absolute Gasteiger partial charge is 0.493 e. The first kappa shape index (κ1) is 21.0. The van der Waals surface area contributed by atoms with E-state index in [-0.39, 0.29) is 5.91 Å². The third-order valence-corrected chi connectivity index (χ3v) is 4.66. The molecular formula is C22H26BrNO3. The predicted molar refractivity (Wildman–Crippen MR) is 115 cm³/mol. The van der Waals surface area contributed by atoms with Gasteiger partial charge < -0.3 is 14.8 Å². The molecule has 2 aromatic rings. The lowest BCUT2D eigenvalue weighted by atomic mass is 10.2. The maximum absolute atomic E-state index is 12.2. The molecule has 144 valence electrons. The summed E-state index contributed by atoms with van der Waals surface area (Å²) < 4.78 is 12.0. The first-order valence-corrected chi connectivity index (χ1v) is 9.89. The Morgan fingerprint density at radius 2 is 1.96 bits per heavy atom. The summed E-state index contributed by atoms with van der Waals surface area (Å²) in [5, 5.41) is 2.86. The molecular weight excluding hydrogens is 406 g/mol. The van der Waals surface area contributed by atoms with Crippen molar-refractivity contribution < 1.29 is 14.3 Å². The van der Waals surface area contributed by atoms with Crippen molar-refractivity contribution in [3.05, 3.63) is 58.1 Å². The van der Waals surface area contributed by atoms with Crippen LogP contribution in [0.5, 0.6) is 11.5 Å². The molecule has 0 aliphatic rings. The van der Waals surface area contributed by atoms with Crippen molar-refractivity contribution in [3.8, 4) is 11.5 Å². The SMILES string of the molecule is CCCCCOc1ccc(/C=C/C(=O)Nc2ccc(C)cc2Br)cc1OC. The van der Waals surface area contributed by atoms with E-state index in [0.29, 0.717) is 12.4 Å². The van der Waals surface area contributed by atoms with Gasteiger partial charge in [-0.2, -0.15) is 0 Å². The van der Waals surface area contributed by atoms with Gasteiger partial charge in [0.15, 0.2) is 11.5 Å². The Kier molecular flexibility index (Phi) is 8.40. The van der Waals surface area contributed by atoms with Gasteiger partial charge >= 0.3 is 0 Å². The number of aryl methyl sites for hydroxylation is 1. The molecule has 0 bridgehead atoms. The maximum atomic E-state index is 12.2. The Bertz CT molecular complexity index is 802. The van der Waals surface area contributed by atoms with Gasteiger partial charge in [0, 0.05) is 10.5 Å². The number of unbranched alkanes of at least 4 members (excludes halogenated alkanes) is 2. The zero-order chi connectivity index (χ0) is 19.6. The monoisotopic (exact) mass is 431 g/mol. The minimum atomic E-state index is -0.196. The Labute approximate surface area is 169 Å². The van der Waals surface area contributed by atoms with Crippen LogP contribution < -0.4 is 14.8 Å². The highest BCUT2D eigenvalue weighted by atomic mass is 79.9. The van der Waals surface area contributed by atoms with E-state index in [1.807, 2.05) is 43.3 Å². The molecule has 1 N–H and O–H groups in total. The van der Waals surface area contributed by atoms with Crippen LogP contribution in [-0.2, 0) is 4.79 Å². The third kappa shape index (κ3) is 6.75. The highest BCUT2D eigenvalue weighted by Crippen LogP contribution is 2.29. The van der Waals surface area contributed by atoms with Gasteiger partial charge in [-0.25, -0.2) is 0 Å². The summed E-state index contributed by atoms with van der Waals surface area (Å²) >= 11 is 3.46. The Morgan fingerprint density at radius 1 is 1.15 bits per heavy atom. The normalized spacial score (nSPS) is 10.8. The number of rotatable bonds is 9. The summed E-state index contributed by atoms with van der Waals surface area (Å²) in [6, 6.07) is 11.4. The number of carbonyl (C=O) groups excluding carboxylic acids is 1. The fourth-order valence-electron chi connectivity index (χ4n) is 2.51. The van der Waals surface area contributed by atoms with E-state index in [1.54, 1.807) is 13.2 Å². The molecule has 1 amide bonds. The topological polar surface area (TPSA) is 47.6 Å². The number of ether oxygens (including phenoxy) is 2. The molecule has 0 radical (unpaired) electrons. The van der Waals surface area contributed by atoms with E-state index in [9.17, 15) is 4.79 Å². The molecule has 2 rings (SSSR count). The van der Waals surface area contributed by atoms with Crippen molar-refractivity contribution >= 4 is 33.6 Å². The van der Waals surface area contributed by atoms with E-state index in [0.717, 1.165) is 46.3 Å². The average Bonchev–Trinajstić information content (AvgIpc) is 2.66. The van der Waals surface area contributed by atoms with Gasteiger partial charge in [0.25, 0.3) is 0 Å². The number of amides is 1. The maximum Gasteiger partial charge on any atom is 0.248 e. The number of nitrogens with one attached hydrogen (secondary N) is 1. The zero-order valence-electron chi connectivity index (χ0n) is 16.0. The lowest BCUT2D eigenvalue weighted by molar-refractivity contribution is -0.111. The van der Waals surface area contributed by atoms with Gasteiger partial charge in [-0.3, -0.25) is 4.79 Å². The molecule has 0 aromatic heterocycles. The predicted octanol–water partition coefficient (Wildman–Crippen LogP) is 5.99. The summed E-state index contributed by atoms with van der Waals surface area (Å²) in [6.07, 6.45) is 6.58. The lowest BCUT2D eigenvalue weighted by Gasteiger charge is -2.11. The van der Waals surface area contributed by atoms with Crippen LogP contribution in [0.3, 0.4) is 0 Å². The molecule has 0 heterocycles. The number of hydrogen-bond acceptors (Lipinski definition) is 3. The fraction of sp³-hybridized carbons (Fsp3) is 0.318. The van der Waals surface area contributed by atoms with Gasteiger partial charge in [0.2, 0.25) is 5.91 Å². The second-order valence-corrected chi connectivity index (χ2v) is 7.13. The van der Waals surface area contributed by atoms with Crippen molar-refractivity contribution in [2.75, 3.05) is 19.0 Å². The molecule has 4 nitrogen and oxygen atoms in total. The molecule has 0 saturated heterocycles. The molecule has 27 heavy (non-hydrogen) atoms. The Morgan fingerprint density at radius 3 is 2.67 bits per heavy atom. The summed E-state index contributed by atoms with van der Waals surface area (Å²) in [7, 11) is 1.61. The van der Waals surface area contributed by atoms with Crippen LogP contribution in [0.1, 0.15) is 37.3 Å². The number of anilines is 1. The van der Waals surface area contributed by atoms with Gasteiger partial charge in [-0.15, -0.1) is 0 Å². The van der Waals surface area contributed by atoms with Crippen LogP contribution in [0.25, 0.3) is 6.08 Å². The van der Waals surface area contributed by atoms with Crippen LogP contribution in [0.4, 0.5) is 5.69 Å². The van der Waals surface area contributed by atoms with Crippen molar-refractivity contribution in [3.63, 3.8) is 0 Å². The minimum Gasteiger partial charge on any atom is -0.493 e. The Balaban J connectivity index is 1.99. The number of hydrogen-bond donors (Lipinski definition) is 1. The summed E-state index contributed by atoms with van der Waals surface area (Å²) in [4.78, 5) is 12.2. The second kappa shape index (κ2) is 10.8. The van der Waals surface area contributed by atoms with Crippen LogP contribution in [0.2, 0.25) is 0 Å². The molecule has 0 aliphatic heterocycles. The lowest BCUT2D eigenvalue weighted by Crippen LogP contribution is -2.08. The Hall–Kier alpha value is -2.27. The number of carbonyl (C=O) groups is 1. The van der Waals surface area contributed by atoms with Gasteiger partial charge in [0.1, 0.15) is 0 Å². The van der Waals surface area contributed by atoms with Gasteiger partial charge in [-0.1, -0.05) is 31.9 Å². The summed E-state index contributed by atoms with van der Waals surface area (Å²) in [5.41, 5.74) is 2.73. The number of halogens is 1. The van der Waals surface area contributed by atoms with Gasteiger partial charge in [-0.05, 0) is 70.7 Å². The summed E-state index contributed by atoms with van der Waals surface area (Å²) in [6.45, 7) is 4.84. The third-order valence-electron chi connectivity index (χ3n) is 4.00. The molecule has 0 spiro atoms. The molecule has 0 atom stereocenters. The highest BCUT2D eigenvalue weighted by Gasteiger charge is 2.06. The average molecular weight is 432 g/mol. The first-order valence-electron chi connectivity index (χ1n) is 9.09. The second-order valence-electron chi connectivity index (χ2n) is 6.27. The smallest absolute Gasteiger partial charge is 0.248 e. The quantitative estimate of drug-likeness (QED) is 0.391. The van der Waals surface area contributed by atoms with Crippen molar-refractivity contribution in [1.82, 2.24) is 0 Å². The van der Waals surface area contributed by atoms with E-state index >= 15 is 0 Å². The van der Waals surface area contributed by atoms with Crippen molar-refractivity contribution in [2.24, 2.45) is 0 Å².